The summed E-state index contributed by atoms with van der Waals surface area (Å²) in [5, 5.41) is 0.715. The Morgan fingerprint density at radius 3 is 2.47 bits per heavy atom. The lowest BCUT2D eigenvalue weighted by Gasteiger charge is -2.36. The first-order valence-corrected chi connectivity index (χ1v) is 7.32. The summed E-state index contributed by atoms with van der Waals surface area (Å²) in [5.41, 5.74) is 0. The van der Waals surface area contributed by atoms with Gasteiger partial charge in [-0.25, -0.2) is 0 Å². The maximum absolute atomic E-state index is 6.06. The van der Waals surface area contributed by atoms with Crippen molar-refractivity contribution in [2.45, 2.75) is 31.0 Å². The van der Waals surface area contributed by atoms with Crippen LogP contribution in [0.3, 0.4) is 0 Å². The average Bonchev–Trinajstić information content (AvgIpc) is 2.58. The smallest absolute Gasteiger partial charge is 0.120 e. The van der Waals surface area contributed by atoms with Gasteiger partial charge in [0.2, 0.25) is 0 Å². The van der Waals surface area contributed by atoms with Gasteiger partial charge in [0, 0.05) is 29.4 Å². The summed E-state index contributed by atoms with van der Waals surface area (Å²) in [7, 11) is 2.18. The molecule has 5 heteroatoms. The van der Waals surface area contributed by atoms with Crippen molar-refractivity contribution >= 4 is 39.9 Å². The van der Waals surface area contributed by atoms with Crippen LogP contribution in [0.1, 0.15) is 12.8 Å². The zero-order valence-corrected chi connectivity index (χ0v) is 13.7. The van der Waals surface area contributed by atoms with E-state index in [1.807, 2.05) is 18.2 Å². The first kappa shape index (κ1) is 15.2. The predicted molar refractivity (Wildman–Crippen MR) is 84.5 cm³/mol. The Hall–Kier alpha value is -0.220. The van der Waals surface area contributed by atoms with Crippen LogP contribution in [-0.4, -0.2) is 30.1 Å². The standard InChI is InChI=1S/C14H15BrClNO.ClH/c1-17-9-2-3-10(17)7-12(6-9)18-11-4-5-14(16)13(15)8-11;/h2-5,8-10,12H,6-7H2,1H3;1H/t9-,10+,12-;. The third-order valence-electron chi connectivity index (χ3n) is 3.80. The van der Waals surface area contributed by atoms with Crippen LogP contribution in [0.25, 0.3) is 0 Å². The molecule has 2 bridgehead atoms. The van der Waals surface area contributed by atoms with Gasteiger partial charge >= 0.3 is 0 Å². The zero-order valence-electron chi connectivity index (χ0n) is 10.6. The number of hydrogen-bond acceptors (Lipinski definition) is 2. The lowest BCUT2D eigenvalue weighted by atomic mass is 9.99. The number of likely N-dealkylation sites (N-methyl/N-ethyl adjacent to an activating group) is 1. The SMILES string of the molecule is CN1[C@@H]2C=C[C@H]1C[C@H](Oc1ccc(Cl)c(Br)c1)C2.Cl. The molecule has 0 amide bonds. The van der Waals surface area contributed by atoms with Gasteiger partial charge in [-0.1, -0.05) is 23.8 Å². The maximum Gasteiger partial charge on any atom is 0.120 e. The van der Waals surface area contributed by atoms with Crippen LogP contribution in [0.15, 0.2) is 34.8 Å². The van der Waals surface area contributed by atoms with Crippen LogP contribution >= 0.6 is 39.9 Å². The number of benzene rings is 1. The van der Waals surface area contributed by atoms with Gasteiger partial charge in [0.1, 0.15) is 11.9 Å². The summed E-state index contributed by atoms with van der Waals surface area (Å²) in [4.78, 5) is 2.41. The van der Waals surface area contributed by atoms with Crippen molar-refractivity contribution in [2.75, 3.05) is 7.05 Å². The summed E-state index contributed by atoms with van der Waals surface area (Å²) in [6, 6.07) is 6.80. The Morgan fingerprint density at radius 2 is 1.89 bits per heavy atom. The van der Waals surface area contributed by atoms with E-state index in [2.05, 4.69) is 40.0 Å². The van der Waals surface area contributed by atoms with Crippen molar-refractivity contribution in [3.05, 3.63) is 39.8 Å². The van der Waals surface area contributed by atoms with E-state index in [0.717, 1.165) is 23.1 Å². The third kappa shape index (κ3) is 3.10. The Morgan fingerprint density at radius 1 is 1.26 bits per heavy atom. The highest BCUT2D eigenvalue weighted by Gasteiger charge is 2.35. The molecule has 0 saturated carbocycles. The summed E-state index contributed by atoms with van der Waals surface area (Å²) >= 11 is 9.40. The Labute approximate surface area is 133 Å². The summed E-state index contributed by atoms with van der Waals surface area (Å²) in [6.45, 7) is 0. The zero-order chi connectivity index (χ0) is 12.7. The average molecular weight is 365 g/mol. The molecule has 1 aromatic carbocycles. The molecule has 0 N–H and O–H groups in total. The summed E-state index contributed by atoms with van der Waals surface area (Å²) in [6.07, 6.45) is 7.00. The van der Waals surface area contributed by atoms with Crippen LogP contribution in [0.4, 0.5) is 0 Å². The Bertz CT molecular complexity index is 478. The van der Waals surface area contributed by atoms with Crippen LogP contribution in [0.2, 0.25) is 5.02 Å². The lowest BCUT2D eigenvalue weighted by molar-refractivity contribution is 0.0751. The van der Waals surface area contributed by atoms with Gasteiger partial charge in [-0.15, -0.1) is 12.4 Å². The molecule has 2 heterocycles. The molecule has 19 heavy (non-hydrogen) atoms. The Balaban J connectivity index is 0.00000133. The third-order valence-corrected chi connectivity index (χ3v) is 5.02. The largest absolute Gasteiger partial charge is 0.490 e. The molecule has 0 aromatic heterocycles. The van der Waals surface area contributed by atoms with E-state index >= 15 is 0 Å². The van der Waals surface area contributed by atoms with Gasteiger partial charge in [0.25, 0.3) is 0 Å². The minimum atomic E-state index is 0. The monoisotopic (exact) mass is 363 g/mol. The number of fused-ring (bicyclic) bond motifs is 2. The van der Waals surface area contributed by atoms with Crippen molar-refractivity contribution in [3.63, 3.8) is 0 Å². The van der Waals surface area contributed by atoms with Crippen LogP contribution < -0.4 is 4.74 Å². The molecule has 0 aliphatic carbocycles. The van der Waals surface area contributed by atoms with Crippen LogP contribution in [0.5, 0.6) is 5.75 Å². The van der Waals surface area contributed by atoms with E-state index in [4.69, 9.17) is 16.3 Å². The maximum atomic E-state index is 6.06. The molecule has 1 fully saturated rings. The predicted octanol–water partition coefficient (Wildman–Crippen LogP) is 4.30. The van der Waals surface area contributed by atoms with E-state index in [-0.39, 0.29) is 12.4 Å². The molecule has 0 radical (unpaired) electrons. The molecule has 2 aliphatic heterocycles. The van der Waals surface area contributed by atoms with E-state index < -0.39 is 0 Å². The van der Waals surface area contributed by atoms with Crippen LogP contribution in [0, 0.1) is 0 Å². The normalized spacial score (nSPS) is 29.1. The number of ether oxygens (including phenoxy) is 1. The molecule has 3 rings (SSSR count). The molecular formula is C14H16BrCl2NO. The van der Waals surface area contributed by atoms with Crippen LogP contribution in [-0.2, 0) is 0 Å². The van der Waals surface area contributed by atoms with E-state index in [1.165, 1.54) is 0 Å². The molecule has 0 unspecified atom stereocenters. The highest BCUT2D eigenvalue weighted by Crippen LogP contribution is 2.33. The fraction of sp³-hybridized carbons (Fsp3) is 0.429. The fourth-order valence-electron chi connectivity index (χ4n) is 2.74. The number of hydrogen-bond donors (Lipinski definition) is 0. The Kier molecular flexibility index (Phi) is 4.83. The molecular weight excluding hydrogens is 349 g/mol. The topological polar surface area (TPSA) is 12.5 Å². The highest BCUT2D eigenvalue weighted by molar-refractivity contribution is 9.10. The summed E-state index contributed by atoms with van der Waals surface area (Å²) in [5.74, 6) is 0.889. The second-order valence-electron chi connectivity index (χ2n) is 4.97. The van der Waals surface area contributed by atoms with Gasteiger partial charge in [0.05, 0.1) is 5.02 Å². The second kappa shape index (κ2) is 6.04. The highest BCUT2D eigenvalue weighted by atomic mass is 79.9. The minimum absolute atomic E-state index is 0. The fourth-order valence-corrected chi connectivity index (χ4v) is 3.21. The van der Waals surface area contributed by atoms with Crippen molar-refractivity contribution in [1.82, 2.24) is 4.90 Å². The van der Waals surface area contributed by atoms with Crippen molar-refractivity contribution in [1.29, 1.82) is 0 Å². The molecule has 1 saturated heterocycles. The molecule has 2 nitrogen and oxygen atoms in total. The second-order valence-corrected chi connectivity index (χ2v) is 6.23. The van der Waals surface area contributed by atoms with Crippen molar-refractivity contribution in [3.8, 4) is 5.75 Å². The van der Waals surface area contributed by atoms with Crippen molar-refractivity contribution in [2.24, 2.45) is 0 Å². The van der Waals surface area contributed by atoms with E-state index in [0.29, 0.717) is 23.2 Å². The van der Waals surface area contributed by atoms with Crippen molar-refractivity contribution < 1.29 is 4.74 Å². The first-order chi connectivity index (χ1) is 8.63. The van der Waals surface area contributed by atoms with Gasteiger partial charge in [-0.3, -0.25) is 4.90 Å². The molecule has 0 spiro atoms. The summed E-state index contributed by atoms with van der Waals surface area (Å²) < 4.78 is 6.95. The lowest BCUT2D eigenvalue weighted by Crippen LogP contribution is -2.44. The molecule has 2 aliphatic rings. The van der Waals surface area contributed by atoms with Gasteiger partial charge in [-0.2, -0.15) is 0 Å². The van der Waals surface area contributed by atoms with Gasteiger partial charge in [0.15, 0.2) is 0 Å². The molecule has 104 valence electrons. The number of nitrogens with zero attached hydrogens (tertiary/aromatic N) is 1. The van der Waals surface area contributed by atoms with E-state index in [1.54, 1.807) is 0 Å². The van der Waals surface area contributed by atoms with Gasteiger partial charge in [-0.05, 0) is 41.2 Å². The first-order valence-electron chi connectivity index (χ1n) is 6.15. The quantitative estimate of drug-likeness (QED) is 0.725. The minimum Gasteiger partial charge on any atom is -0.490 e. The van der Waals surface area contributed by atoms with E-state index in [9.17, 15) is 0 Å². The molecule has 3 atom stereocenters. The van der Waals surface area contributed by atoms with Gasteiger partial charge < -0.3 is 4.74 Å². The number of halogens is 3. The number of rotatable bonds is 2. The number of piperidine rings is 1. The molecule has 1 aromatic rings.